The van der Waals surface area contributed by atoms with Gasteiger partial charge in [-0.1, -0.05) is 23.7 Å². The van der Waals surface area contributed by atoms with Gasteiger partial charge in [-0.25, -0.2) is 4.98 Å². The van der Waals surface area contributed by atoms with E-state index >= 15 is 0 Å². The second-order valence-corrected chi connectivity index (χ2v) is 7.71. The Kier molecular flexibility index (Phi) is 5.00. The number of halogens is 1. The fourth-order valence-electron chi connectivity index (χ4n) is 4.13. The molecule has 1 aromatic heterocycles. The van der Waals surface area contributed by atoms with E-state index in [0.29, 0.717) is 17.4 Å². The minimum atomic E-state index is 0.204. The third-order valence-electron chi connectivity index (χ3n) is 5.60. The Morgan fingerprint density at radius 3 is 2.69 bits per heavy atom. The van der Waals surface area contributed by atoms with Crippen molar-refractivity contribution in [2.24, 2.45) is 0 Å². The number of aryl methyl sites for hydroxylation is 1. The van der Waals surface area contributed by atoms with E-state index in [1.165, 1.54) is 11.4 Å². The van der Waals surface area contributed by atoms with Gasteiger partial charge in [-0.05, 0) is 37.5 Å². The third kappa shape index (κ3) is 3.51. The first-order valence-electron chi connectivity index (χ1n) is 9.40. The van der Waals surface area contributed by atoms with Crippen LogP contribution in [0.15, 0.2) is 24.3 Å². The van der Waals surface area contributed by atoms with Crippen LogP contribution in [-0.4, -0.2) is 40.0 Å². The summed E-state index contributed by atoms with van der Waals surface area (Å²) in [6, 6.07) is 7.55. The van der Waals surface area contributed by atoms with Gasteiger partial charge in [-0.15, -0.1) is 0 Å². The number of nitrogens with one attached hydrogen (secondary N) is 1. The minimum absolute atomic E-state index is 0.204. The minimum Gasteiger partial charge on any atom is -0.342 e. The maximum absolute atomic E-state index is 12.6. The van der Waals surface area contributed by atoms with E-state index in [0.717, 1.165) is 57.0 Å². The van der Waals surface area contributed by atoms with Gasteiger partial charge in [-0.2, -0.15) is 0 Å². The quantitative estimate of drug-likeness (QED) is 0.901. The Hall–Kier alpha value is -1.85. The molecule has 4 rings (SSSR count). The molecule has 2 aliphatic heterocycles. The van der Waals surface area contributed by atoms with E-state index in [1.54, 1.807) is 0 Å². The van der Waals surface area contributed by atoms with Crippen LogP contribution in [0.1, 0.15) is 41.5 Å². The number of benzene rings is 1. The van der Waals surface area contributed by atoms with E-state index < -0.39 is 0 Å². The topological polar surface area (TPSA) is 50.2 Å². The Bertz CT molecular complexity index is 791. The van der Waals surface area contributed by atoms with Crippen molar-refractivity contribution in [3.63, 3.8) is 0 Å². The highest BCUT2D eigenvalue weighted by molar-refractivity contribution is 6.30. The number of fused-ring (bicyclic) bond motifs is 1. The summed E-state index contributed by atoms with van der Waals surface area (Å²) < 4.78 is 2.35. The molecule has 5 nitrogen and oxygen atoms in total. The second-order valence-electron chi connectivity index (χ2n) is 7.28. The van der Waals surface area contributed by atoms with Crippen molar-refractivity contribution in [2.75, 3.05) is 19.6 Å². The number of carbonyl (C=O) groups excluding carboxylic acids is 1. The maximum Gasteiger partial charge on any atom is 0.226 e. The summed E-state index contributed by atoms with van der Waals surface area (Å²) in [4.78, 5) is 19.5. The first-order chi connectivity index (χ1) is 12.6. The van der Waals surface area contributed by atoms with Crippen molar-refractivity contribution in [2.45, 2.75) is 45.2 Å². The fourth-order valence-corrected chi connectivity index (χ4v) is 4.26. The summed E-state index contributed by atoms with van der Waals surface area (Å²) in [6.45, 7) is 6.66. The average Bonchev–Trinajstić information content (AvgIpc) is 3.01. The zero-order valence-electron chi connectivity index (χ0n) is 15.2. The van der Waals surface area contributed by atoms with Gasteiger partial charge < -0.3 is 14.8 Å². The van der Waals surface area contributed by atoms with Crippen molar-refractivity contribution in [3.8, 4) is 0 Å². The highest BCUT2D eigenvalue weighted by Crippen LogP contribution is 2.31. The lowest BCUT2D eigenvalue weighted by Gasteiger charge is -2.32. The maximum atomic E-state index is 12.6. The predicted molar refractivity (Wildman–Crippen MR) is 102 cm³/mol. The van der Waals surface area contributed by atoms with Crippen LogP contribution in [0.25, 0.3) is 0 Å². The number of aromatic nitrogens is 2. The number of nitrogens with zero attached hydrogens (tertiary/aromatic N) is 3. The largest absolute Gasteiger partial charge is 0.342 e. The van der Waals surface area contributed by atoms with Crippen LogP contribution in [-0.2, 0) is 24.3 Å². The molecule has 2 aliphatic rings. The molecule has 26 heavy (non-hydrogen) atoms. The molecule has 0 unspecified atom stereocenters. The van der Waals surface area contributed by atoms with Crippen molar-refractivity contribution in [3.05, 3.63) is 52.1 Å². The smallest absolute Gasteiger partial charge is 0.226 e. The Morgan fingerprint density at radius 1 is 1.23 bits per heavy atom. The summed E-state index contributed by atoms with van der Waals surface area (Å²) in [5.74, 6) is 1.79. The summed E-state index contributed by atoms with van der Waals surface area (Å²) in [5, 5.41) is 4.16. The van der Waals surface area contributed by atoms with Gasteiger partial charge in [0.2, 0.25) is 5.91 Å². The summed E-state index contributed by atoms with van der Waals surface area (Å²) in [7, 11) is 0. The standard InChI is InChI=1S/C20H25ClN4O/c1-14-23-20(18-13-22-8-11-25(14)18)16-6-9-24(10-7-16)19(26)12-15-2-4-17(21)5-3-15/h2-5,16,22H,6-13H2,1H3. The normalized spacial score (nSPS) is 18.0. The van der Waals surface area contributed by atoms with Crippen molar-refractivity contribution < 1.29 is 4.79 Å². The Labute approximate surface area is 159 Å². The van der Waals surface area contributed by atoms with Gasteiger partial charge in [0.1, 0.15) is 5.82 Å². The molecule has 6 heteroatoms. The van der Waals surface area contributed by atoms with Gasteiger partial charge in [0.25, 0.3) is 0 Å². The van der Waals surface area contributed by atoms with Crippen LogP contribution in [0, 0.1) is 6.92 Å². The molecule has 1 saturated heterocycles. The molecule has 0 aliphatic carbocycles. The van der Waals surface area contributed by atoms with E-state index in [-0.39, 0.29) is 5.91 Å². The molecule has 0 atom stereocenters. The van der Waals surface area contributed by atoms with Gasteiger partial charge >= 0.3 is 0 Å². The average molecular weight is 373 g/mol. The lowest BCUT2D eigenvalue weighted by molar-refractivity contribution is -0.131. The molecule has 0 saturated carbocycles. The van der Waals surface area contributed by atoms with E-state index in [1.807, 2.05) is 29.2 Å². The first-order valence-corrected chi connectivity index (χ1v) is 9.78. The second kappa shape index (κ2) is 7.41. The van der Waals surface area contributed by atoms with E-state index in [2.05, 4.69) is 16.8 Å². The highest BCUT2D eigenvalue weighted by Gasteiger charge is 2.29. The van der Waals surface area contributed by atoms with Gasteiger partial charge in [0.15, 0.2) is 0 Å². The number of carbonyl (C=O) groups is 1. The molecule has 1 fully saturated rings. The van der Waals surface area contributed by atoms with Crippen molar-refractivity contribution >= 4 is 17.5 Å². The number of hydrogen-bond donors (Lipinski definition) is 1. The van der Waals surface area contributed by atoms with Crippen LogP contribution < -0.4 is 5.32 Å². The van der Waals surface area contributed by atoms with E-state index in [4.69, 9.17) is 16.6 Å². The number of piperidine rings is 1. The Morgan fingerprint density at radius 2 is 1.96 bits per heavy atom. The predicted octanol–water partition coefficient (Wildman–Crippen LogP) is 2.90. The van der Waals surface area contributed by atoms with Crippen LogP contribution in [0.2, 0.25) is 5.02 Å². The lowest BCUT2D eigenvalue weighted by atomic mass is 9.91. The highest BCUT2D eigenvalue weighted by atomic mass is 35.5. The van der Waals surface area contributed by atoms with Crippen molar-refractivity contribution in [1.29, 1.82) is 0 Å². The third-order valence-corrected chi connectivity index (χ3v) is 5.85. The van der Waals surface area contributed by atoms with E-state index in [9.17, 15) is 4.79 Å². The molecule has 3 heterocycles. The van der Waals surface area contributed by atoms with Crippen LogP contribution in [0.5, 0.6) is 0 Å². The van der Waals surface area contributed by atoms with Gasteiger partial charge in [0, 0.05) is 43.7 Å². The van der Waals surface area contributed by atoms with Gasteiger partial charge in [-0.3, -0.25) is 4.79 Å². The fraction of sp³-hybridized carbons (Fsp3) is 0.500. The molecule has 1 N–H and O–H groups in total. The van der Waals surface area contributed by atoms with Crippen LogP contribution in [0.3, 0.4) is 0 Å². The molecule has 1 aromatic carbocycles. The molecule has 2 aromatic rings. The number of rotatable bonds is 3. The molecule has 0 bridgehead atoms. The molecule has 1 amide bonds. The molecular formula is C20H25ClN4O. The molecular weight excluding hydrogens is 348 g/mol. The van der Waals surface area contributed by atoms with Crippen LogP contribution in [0.4, 0.5) is 0 Å². The summed E-state index contributed by atoms with van der Waals surface area (Å²) >= 11 is 5.92. The number of likely N-dealkylation sites (tertiary alicyclic amines) is 1. The lowest BCUT2D eigenvalue weighted by Crippen LogP contribution is -2.39. The molecule has 0 radical (unpaired) electrons. The molecule has 0 spiro atoms. The zero-order valence-corrected chi connectivity index (χ0v) is 15.9. The van der Waals surface area contributed by atoms with Crippen LogP contribution >= 0.6 is 11.6 Å². The number of amides is 1. The zero-order chi connectivity index (χ0) is 18.1. The van der Waals surface area contributed by atoms with Crippen molar-refractivity contribution in [1.82, 2.24) is 19.8 Å². The SMILES string of the molecule is Cc1nc(C2CCN(C(=O)Cc3ccc(Cl)cc3)CC2)c2n1CCNC2. The summed E-state index contributed by atoms with van der Waals surface area (Å²) in [6.07, 6.45) is 2.44. The number of hydrogen-bond acceptors (Lipinski definition) is 3. The summed E-state index contributed by atoms with van der Waals surface area (Å²) in [5.41, 5.74) is 3.62. The number of imidazole rings is 1. The first kappa shape index (κ1) is 17.6. The Balaban J connectivity index is 1.38. The van der Waals surface area contributed by atoms with Gasteiger partial charge in [0.05, 0.1) is 17.8 Å². The molecule has 138 valence electrons. The monoisotopic (exact) mass is 372 g/mol.